The number of aromatic amines is 1. The molecule has 0 amide bonds. The summed E-state index contributed by atoms with van der Waals surface area (Å²) in [6.07, 6.45) is 3.50. The average molecular weight is 259 g/mol. The largest absolute Gasteiger partial charge is 0.378 e. The fourth-order valence-corrected chi connectivity index (χ4v) is 2.09. The van der Waals surface area contributed by atoms with E-state index >= 15 is 0 Å². The molecule has 3 aromatic rings. The predicted molar refractivity (Wildman–Crippen MR) is 72.7 cm³/mol. The fraction of sp³-hybridized carbons (Fsp3) is 0.0769. The Bertz CT molecular complexity index is 664. The zero-order valence-corrected chi connectivity index (χ0v) is 10.3. The van der Waals surface area contributed by atoms with Gasteiger partial charge in [-0.3, -0.25) is 10.1 Å². The summed E-state index contributed by atoms with van der Waals surface area (Å²) >= 11 is 6.10. The van der Waals surface area contributed by atoms with Crippen LogP contribution < -0.4 is 5.32 Å². The van der Waals surface area contributed by atoms with Gasteiger partial charge in [0.2, 0.25) is 0 Å². The Balaban J connectivity index is 1.95. The summed E-state index contributed by atoms with van der Waals surface area (Å²) in [4.78, 5) is 4.38. The lowest BCUT2D eigenvalue weighted by Crippen LogP contribution is -2.01. The lowest BCUT2D eigenvalue weighted by Gasteiger charge is -2.08. The van der Waals surface area contributed by atoms with E-state index < -0.39 is 0 Å². The second-order valence-corrected chi connectivity index (χ2v) is 4.40. The van der Waals surface area contributed by atoms with E-state index in [1.807, 2.05) is 30.3 Å². The molecule has 4 nitrogen and oxygen atoms in total. The highest BCUT2D eigenvalue weighted by Gasteiger charge is 2.04. The monoisotopic (exact) mass is 258 g/mol. The van der Waals surface area contributed by atoms with Gasteiger partial charge >= 0.3 is 0 Å². The molecule has 0 spiro atoms. The van der Waals surface area contributed by atoms with Crippen molar-refractivity contribution in [2.75, 3.05) is 5.32 Å². The van der Waals surface area contributed by atoms with Crippen LogP contribution in [0.5, 0.6) is 0 Å². The van der Waals surface area contributed by atoms with Crippen molar-refractivity contribution < 1.29 is 0 Å². The molecule has 2 aromatic heterocycles. The van der Waals surface area contributed by atoms with Crippen molar-refractivity contribution in [3.8, 4) is 0 Å². The van der Waals surface area contributed by atoms with Crippen molar-refractivity contribution in [3.63, 3.8) is 0 Å². The first-order chi connectivity index (χ1) is 8.83. The number of hydrogen-bond acceptors (Lipinski definition) is 3. The summed E-state index contributed by atoms with van der Waals surface area (Å²) < 4.78 is 0. The molecule has 0 aliphatic carbocycles. The van der Waals surface area contributed by atoms with Gasteiger partial charge in [0.15, 0.2) is 0 Å². The van der Waals surface area contributed by atoms with Crippen LogP contribution in [0.3, 0.4) is 0 Å². The molecule has 0 aliphatic heterocycles. The van der Waals surface area contributed by atoms with E-state index in [2.05, 4.69) is 20.5 Å². The van der Waals surface area contributed by atoms with E-state index in [1.165, 1.54) is 0 Å². The van der Waals surface area contributed by atoms with Gasteiger partial charge < -0.3 is 5.32 Å². The first kappa shape index (κ1) is 11.0. The standard InChI is InChI=1S/C13H11ClN4/c14-10-6-9-2-1-4-15-13(9)12(7-10)16-8-11-3-5-17-18-11/h1-7,16H,8H2,(H,17,18). The molecular weight excluding hydrogens is 248 g/mol. The molecule has 0 unspecified atom stereocenters. The van der Waals surface area contributed by atoms with Crippen LogP contribution in [0.15, 0.2) is 42.7 Å². The second kappa shape index (κ2) is 4.66. The van der Waals surface area contributed by atoms with E-state index in [4.69, 9.17) is 11.6 Å². The number of hydrogen-bond donors (Lipinski definition) is 2. The number of H-pyrrole nitrogens is 1. The molecule has 0 fully saturated rings. The Kier molecular flexibility index (Phi) is 2.86. The number of pyridine rings is 1. The lowest BCUT2D eigenvalue weighted by atomic mass is 10.2. The van der Waals surface area contributed by atoms with Gasteiger partial charge in [-0.2, -0.15) is 5.10 Å². The molecule has 2 heterocycles. The third kappa shape index (κ3) is 2.15. The molecular formula is C13H11ClN4. The first-order valence-corrected chi connectivity index (χ1v) is 5.97. The maximum absolute atomic E-state index is 6.10. The number of halogens is 1. The molecule has 3 rings (SSSR count). The van der Waals surface area contributed by atoms with Gasteiger partial charge in [-0.1, -0.05) is 17.7 Å². The van der Waals surface area contributed by atoms with Gasteiger partial charge in [-0.15, -0.1) is 0 Å². The number of benzene rings is 1. The van der Waals surface area contributed by atoms with Crippen LogP contribution in [0.25, 0.3) is 10.9 Å². The third-order valence-electron chi connectivity index (χ3n) is 2.70. The summed E-state index contributed by atoms with van der Waals surface area (Å²) in [5.74, 6) is 0. The lowest BCUT2D eigenvalue weighted by molar-refractivity contribution is 0.982. The fourth-order valence-electron chi connectivity index (χ4n) is 1.86. The molecule has 18 heavy (non-hydrogen) atoms. The summed E-state index contributed by atoms with van der Waals surface area (Å²) in [5, 5.41) is 11.8. The van der Waals surface area contributed by atoms with E-state index in [9.17, 15) is 0 Å². The zero-order valence-electron chi connectivity index (χ0n) is 9.52. The Labute approximate surface area is 109 Å². The highest BCUT2D eigenvalue weighted by molar-refractivity contribution is 6.31. The third-order valence-corrected chi connectivity index (χ3v) is 2.92. The van der Waals surface area contributed by atoms with Crippen molar-refractivity contribution in [3.05, 3.63) is 53.4 Å². The van der Waals surface area contributed by atoms with Gasteiger partial charge in [0.05, 0.1) is 23.4 Å². The van der Waals surface area contributed by atoms with E-state index in [-0.39, 0.29) is 0 Å². The predicted octanol–water partition coefficient (Wildman–Crippen LogP) is 3.22. The number of fused-ring (bicyclic) bond motifs is 1. The van der Waals surface area contributed by atoms with Crippen LogP contribution in [0.4, 0.5) is 5.69 Å². The molecule has 0 saturated carbocycles. The molecule has 0 radical (unpaired) electrons. The normalized spacial score (nSPS) is 10.7. The smallest absolute Gasteiger partial charge is 0.0934 e. The van der Waals surface area contributed by atoms with Gasteiger partial charge in [-0.25, -0.2) is 0 Å². The average Bonchev–Trinajstić information content (AvgIpc) is 2.89. The second-order valence-electron chi connectivity index (χ2n) is 3.96. The molecule has 0 atom stereocenters. The Morgan fingerprint density at radius 1 is 1.22 bits per heavy atom. The van der Waals surface area contributed by atoms with Crippen molar-refractivity contribution in [2.24, 2.45) is 0 Å². The summed E-state index contributed by atoms with van der Waals surface area (Å²) in [6.45, 7) is 0.659. The maximum atomic E-state index is 6.10. The molecule has 90 valence electrons. The molecule has 0 bridgehead atoms. The van der Waals surface area contributed by atoms with E-state index in [1.54, 1.807) is 12.4 Å². The number of rotatable bonds is 3. The minimum Gasteiger partial charge on any atom is -0.378 e. The van der Waals surface area contributed by atoms with Crippen LogP contribution in [-0.4, -0.2) is 15.2 Å². The Morgan fingerprint density at radius 3 is 3.00 bits per heavy atom. The molecule has 0 aliphatic rings. The summed E-state index contributed by atoms with van der Waals surface area (Å²) in [7, 11) is 0. The molecule has 0 saturated heterocycles. The van der Waals surface area contributed by atoms with Crippen LogP contribution in [0.1, 0.15) is 5.69 Å². The van der Waals surface area contributed by atoms with Crippen molar-refractivity contribution >= 4 is 28.2 Å². The summed E-state index contributed by atoms with van der Waals surface area (Å²) in [6, 6.07) is 9.61. The Morgan fingerprint density at radius 2 is 2.17 bits per heavy atom. The van der Waals surface area contributed by atoms with Crippen LogP contribution in [0.2, 0.25) is 5.02 Å². The van der Waals surface area contributed by atoms with Gasteiger partial charge in [0, 0.05) is 22.8 Å². The van der Waals surface area contributed by atoms with Gasteiger partial charge in [0.1, 0.15) is 0 Å². The highest BCUT2D eigenvalue weighted by Crippen LogP contribution is 2.26. The number of nitrogens with one attached hydrogen (secondary N) is 2. The minimum atomic E-state index is 0.659. The van der Waals surface area contributed by atoms with Crippen molar-refractivity contribution in [1.82, 2.24) is 15.2 Å². The van der Waals surface area contributed by atoms with E-state index in [0.717, 1.165) is 22.3 Å². The topological polar surface area (TPSA) is 53.6 Å². The van der Waals surface area contributed by atoms with Gasteiger partial charge in [0.25, 0.3) is 0 Å². The van der Waals surface area contributed by atoms with Crippen molar-refractivity contribution in [2.45, 2.75) is 6.54 Å². The van der Waals surface area contributed by atoms with Crippen molar-refractivity contribution in [1.29, 1.82) is 0 Å². The minimum absolute atomic E-state index is 0.659. The maximum Gasteiger partial charge on any atom is 0.0934 e. The number of nitrogens with zero attached hydrogens (tertiary/aromatic N) is 2. The number of aromatic nitrogens is 3. The van der Waals surface area contributed by atoms with Crippen LogP contribution in [0, 0.1) is 0 Å². The number of anilines is 1. The SMILES string of the molecule is Clc1cc(NCc2ccn[nH]2)c2ncccc2c1. The van der Waals surface area contributed by atoms with Gasteiger partial charge in [-0.05, 0) is 24.3 Å². The highest BCUT2D eigenvalue weighted by atomic mass is 35.5. The molecule has 2 N–H and O–H groups in total. The van der Waals surface area contributed by atoms with Crippen LogP contribution in [-0.2, 0) is 6.54 Å². The summed E-state index contributed by atoms with van der Waals surface area (Å²) in [5.41, 5.74) is 2.85. The first-order valence-electron chi connectivity index (χ1n) is 5.59. The molecule has 5 heteroatoms. The Hall–Kier alpha value is -2.07. The quantitative estimate of drug-likeness (QED) is 0.758. The van der Waals surface area contributed by atoms with E-state index in [0.29, 0.717) is 11.6 Å². The molecule has 1 aromatic carbocycles. The zero-order chi connectivity index (χ0) is 12.4. The van der Waals surface area contributed by atoms with Crippen LogP contribution >= 0.6 is 11.6 Å².